The van der Waals surface area contributed by atoms with Gasteiger partial charge in [-0.25, -0.2) is 4.98 Å². The standard InChI is InChI=1S/C12H12N4O3/c17-12(18)8-4-2-1-3-7(8)11-15-10(16-19-11)9-13-5-6-14-9/h1-2,5-8H,3-4H2,(H,13,14)(H,17,18)/t7-,8+/m1/s1. The molecule has 0 unspecified atom stereocenters. The molecule has 0 aliphatic heterocycles. The number of rotatable bonds is 3. The lowest BCUT2D eigenvalue weighted by Gasteiger charge is -2.21. The van der Waals surface area contributed by atoms with Crippen molar-refractivity contribution in [2.24, 2.45) is 5.92 Å². The highest BCUT2D eigenvalue weighted by Crippen LogP contribution is 2.34. The van der Waals surface area contributed by atoms with Crippen LogP contribution in [0.25, 0.3) is 11.6 Å². The van der Waals surface area contributed by atoms with Gasteiger partial charge in [-0.3, -0.25) is 4.79 Å². The van der Waals surface area contributed by atoms with Crippen molar-refractivity contribution in [3.8, 4) is 11.6 Å². The van der Waals surface area contributed by atoms with Crippen molar-refractivity contribution in [1.29, 1.82) is 0 Å². The molecule has 2 heterocycles. The summed E-state index contributed by atoms with van der Waals surface area (Å²) < 4.78 is 5.19. The van der Waals surface area contributed by atoms with Gasteiger partial charge in [-0.2, -0.15) is 4.98 Å². The summed E-state index contributed by atoms with van der Waals surface area (Å²) in [6, 6.07) is 0. The minimum absolute atomic E-state index is 0.279. The van der Waals surface area contributed by atoms with Gasteiger partial charge in [0.15, 0.2) is 5.82 Å². The fourth-order valence-electron chi connectivity index (χ4n) is 2.23. The molecule has 0 radical (unpaired) electrons. The Morgan fingerprint density at radius 2 is 2.26 bits per heavy atom. The molecule has 0 fully saturated rings. The van der Waals surface area contributed by atoms with Gasteiger partial charge >= 0.3 is 5.97 Å². The number of hydrogen-bond donors (Lipinski definition) is 2. The first-order valence-corrected chi connectivity index (χ1v) is 5.97. The van der Waals surface area contributed by atoms with Crippen molar-refractivity contribution in [3.63, 3.8) is 0 Å². The Balaban J connectivity index is 1.89. The van der Waals surface area contributed by atoms with Gasteiger partial charge in [0.1, 0.15) is 0 Å². The maximum absolute atomic E-state index is 11.2. The van der Waals surface area contributed by atoms with Crippen LogP contribution in [0.1, 0.15) is 24.7 Å². The molecular formula is C12H12N4O3. The topological polar surface area (TPSA) is 105 Å². The summed E-state index contributed by atoms with van der Waals surface area (Å²) in [5.41, 5.74) is 0. The molecule has 7 nitrogen and oxygen atoms in total. The molecule has 0 saturated carbocycles. The molecule has 2 atom stereocenters. The lowest BCUT2D eigenvalue weighted by atomic mass is 9.83. The highest BCUT2D eigenvalue weighted by atomic mass is 16.5. The molecule has 1 aliphatic rings. The van der Waals surface area contributed by atoms with Crippen LogP contribution in [0.4, 0.5) is 0 Å². The van der Waals surface area contributed by atoms with Crippen molar-refractivity contribution in [2.45, 2.75) is 18.8 Å². The molecule has 19 heavy (non-hydrogen) atoms. The average Bonchev–Trinajstić information content (AvgIpc) is 3.09. The summed E-state index contributed by atoms with van der Waals surface area (Å²) in [7, 11) is 0. The van der Waals surface area contributed by atoms with Crippen molar-refractivity contribution >= 4 is 5.97 Å². The minimum Gasteiger partial charge on any atom is -0.481 e. The second-order valence-electron chi connectivity index (χ2n) is 4.39. The summed E-state index contributed by atoms with van der Waals surface area (Å²) in [5, 5.41) is 13.0. The summed E-state index contributed by atoms with van der Waals surface area (Å²) in [6.45, 7) is 0. The Kier molecular flexibility index (Phi) is 2.86. The Hall–Kier alpha value is -2.44. The van der Waals surface area contributed by atoms with E-state index in [0.29, 0.717) is 30.4 Å². The predicted molar refractivity (Wildman–Crippen MR) is 64.1 cm³/mol. The van der Waals surface area contributed by atoms with E-state index < -0.39 is 11.9 Å². The van der Waals surface area contributed by atoms with Crippen LogP contribution in [-0.2, 0) is 4.79 Å². The van der Waals surface area contributed by atoms with Gasteiger partial charge in [0.25, 0.3) is 0 Å². The minimum atomic E-state index is -0.841. The molecule has 0 saturated heterocycles. The van der Waals surface area contributed by atoms with Crippen LogP contribution in [0.15, 0.2) is 29.1 Å². The van der Waals surface area contributed by atoms with Crippen LogP contribution < -0.4 is 0 Å². The lowest BCUT2D eigenvalue weighted by Crippen LogP contribution is -2.23. The third-order valence-corrected chi connectivity index (χ3v) is 3.22. The van der Waals surface area contributed by atoms with Crippen molar-refractivity contribution in [2.75, 3.05) is 0 Å². The van der Waals surface area contributed by atoms with Crippen LogP contribution in [0.2, 0.25) is 0 Å². The monoisotopic (exact) mass is 260 g/mol. The Morgan fingerprint density at radius 3 is 3.00 bits per heavy atom. The molecule has 0 spiro atoms. The van der Waals surface area contributed by atoms with Gasteiger partial charge in [-0.15, -0.1) is 0 Å². The molecule has 1 aliphatic carbocycles. The van der Waals surface area contributed by atoms with Gasteiger partial charge in [-0.1, -0.05) is 17.3 Å². The summed E-state index contributed by atoms with van der Waals surface area (Å²) >= 11 is 0. The normalized spacial score (nSPS) is 22.5. The molecule has 0 amide bonds. The molecular weight excluding hydrogens is 248 g/mol. The summed E-state index contributed by atoms with van der Waals surface area (Å²) in [5.74, 6) is -0.434. The quantitative estimate of drug-likeness (QED) is 0.812. The van der Waals surface area contributed by atoms with Gasteiger partial charge in [-0.05, 0) is 12.8 Å². The number of carboxylic acids is 1. The van der Waals surface area contributed by atoms with Crippen molar-refractivity contribution < 1.29 is 14.4 Å². The van der Waals surface area contributed by atoms with E-state index in [1.54, 1.807) is 12.4 Å². The number of imidazole rings is 1. The van der Waals surface area contributed by atoms with Crippen LogP contribution in [0, 0.1) is 5.92 Å². The predicted octanol–water partition coefficient (Wildman–Crippen LogP) is 1.59. The third-order valence-electron chi connectivity index (χ3n) is 3.22. The SMILES string of the molecule is O=C(O)[C@H]1CC=CC[C@H]1c1nc(-c2ncc[nH]2)no1. The molecule has 0 aromatic carbocycles. The molecule has 7 heteroatoms. The maximum atomic E-state index is 11.2. The number of allylic oxidation sites excluding steroid dienone is 2. The Morgan fingerprint density at radius 1 is 1.42 bits per heavy atom. The van der Waals surface area contributed by atoms with Crippen LogP contribution >= 0.6 is 0 Å². The molecule has 0 bridgehead atoms. The number of carboxylic acid groups (broad SMARTS) is 1. The first-order chi connectivity index (χ1) is 9.25. The fraction of sp³-hybridized carbons (Fsp3) is 0.333. The number of nitrogens with zero attached hydrogens (tertiary/aromatic N) is 3. The zero-order chi connectivity index (χ0) is 13.2. The first-order valence-electron chi connectivity index (χ1n) is 5.97. The Bertz CT molecular complexity index is 602. The molecule has 2 aromatic heterocycles. The summed E-state index contributed by atoms with van der Waals surface area (Å²) in [6.07, 6.45) is 8.15. The van der Waals surface area contributed by atoms with Crippen molar-refractivity contribution in [1.82, 2.24) is 20.1 Å². The zero-order valence-electron chi connectivity index (χ0n) is 9.98. The van der Waals surface area contributed by atoms with E-state index in [-0.39, 0.29) is 5.92 Å². The number of aromatic amines is 1. The number of nitrogens with one attached hydrogen (secondary N) is 1. The molecule has 3 rings (SSSR count). The maximum Gasteiger partial charge on any atom is 0.307 e. The van der Waals surface area contributed by atoms with E-state index in [1.165, 1.54) is 0 Å². The number of aromatic nitrogens is 4. The van der Waals surface area contributed by atoms with Gasteiger partial charge < -0.3 is 14.6 Å². The second-order valence-corrected chi connectivity index (χ2v) is 4.39. The third kappa shape index (κ3) is 2.14. The van der Waals surface area contributed by atoms with Crippen LogP contribution in [-0.4, -0.2) is 31.2 Å². The highest BCUT2D eigenvalue weighted by Gasteiger charge is 2.34. The largest absolute Gasteiger partial charge is 0.481 e. The van der Waals surface area contributed by atoms with Gasteiger partial charge in [0.2, 0.25) is 11.7 Å². The number of hydrogen-bond acceptors (Lipinski definition) is 5. The van der Waals surface area contributed by atoms with Crippen LogP contribution in [0.5, 0.6) is 0 Å². The van der Waals surface area contributed by atoms with Crippen molar-refractivity contribution in [3.05, 3.63) is 30.4 Å². The number of H-pyrrole nitrogens is 1. The first kappa shape index (κ1) is 11.6. The fourth-order valence-corrected chi connectivity index (χ4v) is 2.23. The smallest absolute Gasteiger partial charge is 0.307 e. The second kappa shape index (κ2) is 4.68. The van der Waals surface area contributed by atoms with E-state index in [0.717, 1.165) is 0 Å². The van der Waals surface area contributed by atoms with Crippen LogP contribution in [0.3, 0.4) is 0 Å². The van der Waals surface area contributed by atoms with E-state index in [4.69, 9.17) is 4.52 Å². The average molecular weight is 260 g/mol. The van der Waals surface area contributed by atoms with E-state index in [1.807, 2.05) is 12.2 Å². The summed E-state index contributed by atoms with van der Waals surface area (Å²) in [4.78, 5) is 22.4. The van der Waals surface area contributed by atoms with E-state index in [2.05, 4.69) is 20.1 Å². The number of carbonyl (C=O) groups is 1. The van der Waals surface area contributed by atoms with Gasteiger partial charge in [0, 0.05) is 12.4 Å². The molecule has 98 valence electrons. The molecule has 2 N–H and O–H groups in total. The lowest BCUT2D eigenvalue weighted by molar-refractivity contribution is -0.142. The van der Waals surface area contributed by atoms with Gasteiger partial charge in [0.05, 0.1) is 11.8 Å². The highest BCUT2D eigenvalue weighted by molar-refractivity contribution is 5.71. The Labute approximate surface area is 108 Å². The van der Waals surface area contributed by atoms with E-state index >= 15 is 0 Å². The zero-order valence-corrected chi connectivity index (χ0v) is 9.98. The molecule has 2 aromatic rings. The number of aliphatic carboxylic acids is 1. The van der Waals surface area contributed by atoms with E-state index in [9.17, 15) is 9.90 Å².